The first-order valence-corrected chi connectivity index (χ1v) is 10.2. The number of aryl methyl sites for hydroxylation is 1. The molecule has 0 saturated carbocycles. The smallest absolute Gasteiger partial charge is 0.258 e. The molecule has 1 aromatic heterocycles. The summed E-state index contributed by atoms with van der Waals surface area (Å²) in [6.07, 6.45) is 0. The van der Waals surface area contributed by atoms with Crippen molar-refractivity contribution in [1.29, 1.82) is 5.26 Å². The van der Waals surface area contributed by atoms with Crippen molar-refractivity contribution in [2.45, 2.75) is 19.4 Å². The molecule has 1 aromatic carbocycles. The fourth-order valence-corrected chi connectivity index (χ4v) is 3.90. The number of aromatic nitrogens is 1. The molecule has 0 unspecified atom stereocenters. The highest BCUT2D eigenvalue weighted by Gasteiger charge is 2.35. The molecule has 1 aliphatic heterocycles. The van der Waals surface area contributed by atoms with Crippen molar-refractivity contribution in [3.8, 4) is 29.1 Å². The number of ether oxygens (including phenoxy) is 4. The number of quaternary nitrogens is 1. The minimum absolute atomic E-state index is 0.0342. The summed E-state index contributed by atoms with van der Waals surface area (Å²) < 4.78 is 23.8. The van der Waals surface area contributed by atoms with Gasteiger partial charge in [0, 0.05) is 11.8 Å². The van der Waals surface area contributed by atoms with Crippen LogP contribution in [0.1, 0.15) is 22.7 Å². The molecule has 1 aliphatic rings. The highest BCUT2D eigenvalue weighted by Crippen LogP contribution is 2.46. The Hall–Kier alpha value is -3.64. The van der Waals surface area contributed by atoms with Crippen LogP contribution in [0.25, 0.3) is 0 Å². The largest absolute Gasteiger partial charge is 0.493 e. The SMILES string of the molecule is COc1cc([C@H]2C(C#N)=C(N)Oc3cc(C)n(CC[NH+](C)C)c(=O)c32)cc(OC)c1OC. The summed E-state index contributed by atoms with van der Waals surface area (Å²) in [6, 6.07) is 7.35. The van der Waals surface area contributed by atoms with E-state index in [2.05, 4.69) is 6.07 Å². The molecule has 0 saturated heterocycles. The van der Waals surface area contributed by atoms with Crippen LogP contribution in [0, 0.1) is 18.3 Å². The maximum absolute atomic E-state index is 13.6. The molecule has 9 heteroatoms. The Morgan fingerprint density at radius 3 is 2.28 bits per heavy atom. The Bertz CT molecular complexity index is 1140. The molecule has 2 aromatic rings. The van der Waals surface area contributed by atoms with Gasteiger partial charge in [-0.1, -0.05) is 0 Å². The van der Waals surface area contributed by atoms with E-state index >= 15 is 0 Å². The average molecular weight is 442 g/mol. The molecule has 3 rings (SSSR count). The van der Waals surface area contributed by atoms with Gasteiger partial charge in [0.05, 0.1) is 60.0 Å². The number of pyridine rings is 1. The first-order valence-electron chi connectivity index (χ1n) is 10.2. The topological polar surface area (TPSA) is 113 Å². The summed E-state index contributed by atoms with van der Waals surface area (Å²) in [5, 5.41) is 9.90. The van der Waals surface area contributed by atoms with Gasteiger partial charge in [-0.3, -0.25) is 4.79 Å². The molecule has 9 nitrogen and oxygen atoms in total. The van der Waals surface area contributed by atoms with Gasteiger partial charge in [-0.15, -0.1) is 0 Å². The average Bonchev–Trinajstić information content (AvgIpc) is 2.76. The number of hydrogen-bond donors (Lipinski definition) is 2. The lowest BCUT2D eigenvalue weighted by molar-refractivity contribution is -0.858. The van der Waals surface area contributed by atoms with Gasteiger partial charge in [-0.05, 0) is 24.6 Å². The van der Waals surface area contributed by atoms with E-state index in [0.717, 1.165) is 12.2 Å². The second kappa shape index (κ2) is 9.24. The normalized spacial score (nSPS) is 15.1. The predicted octanol–water partition coefficient (Wildman–Crippen LogP) is 0.545. The van der Waals surface area contributed by atoms with E-state index in [9.17, 15) is 10.1 Å². The first kappa shape index (κ1) is 23.0. The van der Waals surface area contributed by atoms with Crippen molar-refractivity contribution in [2.24, 2.45) is 5.73 Å². The maximum Gasteiger partial charge on any atom is 0.258 e. The van der Waals surface area contributed by atoms with Gasteiger partial charge < -0.3 is 34.1 Å². The number of nitrogens with zero attached hydrogens (tertiary/aromatic N) is 2. The highest BCUT2D eigenvalue weighted by molar-refractivity contribution is 5.61. The van der Waals surface area contributed by atoms with Gasteiger partial charge >= 0.3 is 0 Å². The predicted molar refractivity (Wildman–Crippen MR) is 119 cm³/mol. The van der Waals surface area contributed by atoms with Crippen LogP contribution in [0.4, 0.5) is 0 Å². The maximum atomic E-state index is 13.6. The van der Waals surface area contributed by atoms with Crippen LogP contribution in [0.5, 0.6) is 23.0 Å². The third kappa shape index (κ3) is 3.97. The fraction of sp³-hybridized carbons (Fsp3) is 0.391. The van der Waals surface area contributed by atoms with E-state index in [1.54, 1.807) is 22.8 Å². The van der Waals surface area contributed by atoms with Crippen molar-refractivity contribution in [1.82, 2.24) is 4.57 Å². The minimum atomic E-state index is -0.747. The van der Waals surface area contributed by atoms with Gasteiger partial charge in [0.2, 0.25) is 11.6 Å². The van der Waals surface area contributed by atoms with Crippen molar-refractivity contribution < 1.29 is 23.8 Å². The van der Waals surface area contributed by atoms with Crippen LogP contribution in [0.2, 0.25) is 0 Å². The summed E-state index contributed by atoms with van der Waals surface area (Å²) in [4.78, 5) is 14.9. The number of methoxy groups -OCH3 is 3. The lowest BCUT2D eigenvalue weighted by Crippen LogP contribution is -3.06. The van der Waals surface area contributed by atoms with E-state index < -0.39 is 5.92 Å². The van der Waals surface area contributed by atoms with E-state index in [1.165, 1.54) is 26.2 Å². The quantitative estimate of drug-likeness (QED) is 0.645. The van der Waals surface area contributed by atoms with Crippen molar-refractivity contribution >= 4 is 0 Å². The monoisotopic (exact) mass is 441 g/mol. The zero-order valence-electron chi connectivity index (χ0n) is 19.2. The van der Waals surface area contributed by atoms with Crippen LogP contribution in [0.3, 0.4) is 0 Å². The molecule has 170 valence electrons. The second-order valence-corrected chi connectivity index (χ2v) is 7.86. The second-order valence-electron chi connectivity index (χ2n) is 7.86. The molecule has 0 amide bonds. The van der Waals surface area contributed by atoms with Crippen LogP contribution in [-0.4, -0.2) is 46.5 Å². The van der Waals surface area contributed by atoms with Gasteiger partial charge in [-0.25, -0.2) is 0 Å². The molecule has 3 N–H and O–H groups in total. The standard InChI is InChI=1S/C23H28N4O5/c1-13-9-16-20(23(28)27(13)8-7-26(2)3)19(15(12-24)22(25)32-16)14-10-17(29-4)21(31-6)18(11-14)30-5/h9-11,19H,7-8,25H2,1-6H3/p+1/t19-/m0/s1. The Morgan fingerprint density at radius 2 is 1.78 bits per heavy atom. The molecular formula is C23H29N4O5+. The molecule has 0 aliphatic carbocycles. The lowest BCUT2D eigenvalue weighted by Gasteiger charge is -2.28. The fourth-order valence-electron chi connectivity index (χ4n) is 3.90. The summed E-state index contributed by atoms with van der Waals surface area (Å²) in [6.45, 7) is 3.14. The third-order valence-electron chi connectivity index (χ3n) is 5.55. The van der Waals surface area contributed by atoms with E-state index in [-0.39, 0.29) is 17.0 Å². The molecule has 0 bridgehead atoms. The number of nitrogens with two attached hydrogens (primary N) is 1. The van der Waals surface area contributed by atoms with E-state index in [1.807, 2.05) is 21.0 Å². The van der Waals surface area contributed by atoms with Crippen molar-refractivity contribution in [2.75, 3.05) is 42.0 Å². The Labute approximate surface area is 187 Å². The van der Waals surface area contributed by atoms with E-state index in [4.69, 9.17) is 24.7 Å². The molecule has 0 fully saturated rings. The molecule has 32 heavy (non-hydrogen) atoms. The summed E-state index contributed by atoms with van der Waals surface area (Å²) >= 11 is 0. The van der Waals surface area contributed by atoms with Crippen LogP contribution in [-0.2, 0) is 6.54 Å². The van der Waals surface area contributed by atoms with Crippen LogP contribution < -0.4 is 35.1 Å². The van der Waals surface area contributed by atoms with Crippen molar-refractivity contribution in [3.63, 3.8) is 0 Å². The third-order valence-corrected chi connectivity index (χ3v) is 5.55. The molecule has 1 atom stereocenters. The van der Waals surface area contributed by atoms with Gasteiger partial charge in [0.15, 0.2) is 11.5 Å². The zero-order chi connectivity index (χ0) is 23.6. The number of nitrogens with one attached hydrogen (secondary N) is 1. The Balaban J connectivity index is 2.31. The van der Waals surface area contributed by atoms with E-state index in [0.29, 0.717) is 40.7 Å². The highest BCUT2D eigenvalue weighted by atomic mass is 16.5. The summed E-state index contributed by atoms with van der Waals surface area (Å²) in [5.41, 5.74) is 7.74. The lowest BCUT2D eigenvalue weighted by atomic mass is 9.83. The summed E-state index contributed by atoms with van der Waals surface area (Å²) in [7, 11) is 8.58. The number of rotatable bonds is 7. The van der Waals surface area contributed by atoms with Crippen LogP contribution >= 0.6 is 0 Å². The van der Waals surface area contributed by atoms with Crippen molar-refractivity contribution in [3.05, 3.63) is 56.8 Å². The first-order chi connectivity index (χ1) is 15.3. The van der Waals surface area contributed by atoms with Crippen LogP contribution in [0.15, 0.2) is 34.4 Å². The minimum Gasteiger partial charge on any atom is -0.493 e. The number of nitriles is 1. The van der Waals surface area contributed by atoms with Gasteiger partial charge in [0.25, 0.3) is 5.56 Å². The number of fused-ring (bicyclic) bond motifs is 1. The molecular weight excluding hydrogens is 412 g/mol. The number of hydrogen-bond acceptors (Lipinski definition) is 7. The Morgan fingerprint density at radius 1 is 1.16 bits per heavy atom. The number of benzene rings is 1. The molecule has 0 radical (unpaired) electrons. The summed E-state index contributed by atoms with van der Waals surface area (Å²) in [5.74, 6) is 0.799. The molecule has 0 spiro atoms. The molecule has 2 heterocycles. The number of allylic oxidation sites excluding steroid dienone is 1. The van der Waals surface area contributed by atoms with Gasteiger partial charge in [-0.2, -0.15) is 5.26 Å². The number of likely N-dealkylation sites (N-methyl/N-ethyl adjacent to an activating group) is 1. The Kier molecular flexibility index (Phi) is 6.65. The van der Waals surface area contributed by atoms with Gasteiger partial charge in [0.1, 0.15) is 17.4 Å². The zero-order valence-corrected chi connectivity index (χ0v) is 19.2.